The molecule has 6 atom stereocenters. The fourth-order valence-corrected chi connectivity index (χ4v) is 5.99. The van der Waals surface area contributed by atoms with Gasteiger partial charge in [0, 0.05) is 22.8 Å². The maximum absolute atomic E-state index is 12.4. The summed E-state index contributed by atoms with van der Waals surface area (Å²) >= 11 is 0. The first kappa shape index (κ1) is 23.5. The summed E-state index contributed by atoms with van der Waals surface area (Å²) in [7, 11) is 0. The summed E-state index contributed by atoms with van der Waals surface area (Å²) in [5.74, 6) is -2.39. The molecule has 2 heterocycles. The van der Waals surface area contributed by atoms with E-state index in [1.807, 2.05) is 0 Å². The van der Waals surface area contributed by atoms with Gasteiger partial charge in [-0.2, -0.15) is 0 Å². The molecule has 0 N–H and O–H groups in total. The number of ether oxygens (including phenoxy) is 2. The summed E-state index contributed by atoms with van der Waals surface area (Å²) in [6.07, 6.45) is 11.2. The Morgan fingerprint density at radius 2 is 1.13 bits per heavy atom. The van der Waals surface area contributed by atoms with Crippen LogP contribution in [-0.2, 0) is 19.1 Å². The minimum Gasteiger partial charge on any atom is -0.550 e. The number of hydrogen-bond acceptors (Lipinski definition) is 6. The third-order valence-electron chi connectivity index (χ3n) is 8.02. The Hall–Kier alpha value is -1.14. The molecular formula is C24H38O6-2. The van der Waals surface area contributed by atoms with E-state index in [2.05, 4.69) is 13.8 Å². The molecule has 0 bridgehead atoms. The van der Waals surface area contributed by atoms with Gasteiger partial charge in [0.1, 0.15) is 0 Å². The van der Waals surface area contributed by atoms with Gasteiger partial charge in [0.2, 0.25) is 0 Å². The summed E-state index contributed by atoms with van der Waals surface area (Å²) in [5.41, 5.74) is -2.64. The van der Waals surface area contributed by atoms with Crippen LogP contribution in [0.2, 0.25) is 0 Å². The minimum atomic E-state index is -1.32. The van der Waals surface area contributed by atoms with E-state index in [1.165, 1.54) is 0 Å². The Labute approximate surface area is 180 Å². The third-order valence-corrected chi connectivity index (χ3v) is 8.02. The molecule has 0 aromatic carbocycles. The zero-order valence-corrected chi connectivity index (χ0v) is 18.7. The van der Waals surface area contributed by atoms with Crippen LogP contribution in [-0.4, -0.2) is 36.4 Å². The molecule has 2 saturated heterocycles. The molecule has 0 spiro atoms. The quantitative estimate of drug-likeness (QED) is 0.315. The molecule has 0 aromatic rings. The zero-order valence-electron chi connectivity index (χ0n) is 18.7. The second-order valence-corrected chi connectivity index (χ2v) is 9.68. The Kier molecular flexibility index (Phi) is 7.83. The topological polar surface area (TPSA) is 105 Å². The number of rotatable bonds is 14. The number of carbonyl (C=O) groups excluding carboxylic acids is 2. The van der Waals surface area contributed by atoms with Crippen molar-refractivity contribution in [3.63, 3.8) is 0 Å². The molecule has 2 aliphatic heterocycles. The van der Waals surface area contributed by atoms with Crippen molar-refractivity contribution >= 4 is 11.9 Å². The van der Waals surface area contributed by atoms with Gasteiger partial charge in [-0.3, -0.25) is 0 Å². The summed E-state index contributed by atoms with van der Waals surface area (Å²) in [5, 5.41) is 24.8. The van der Waals surface area contributed by atoms with Gasteiger partial charge in [-0.15, -0.1) is 0 Å². The van der Waals surface area contributed by atoms with E-state index in [0.29, 0.717) is 62.9 Å². The predicted octanol–water partition coefficient (Wildman–Crippen LogP) is 2.51. The zero-order chi connectivity index (χ0) is 21.8. The Morgan fingerprint density at radius 3 is 1.43 bits per heavy atom. The van der Waals surface area contributed by atoms with Gasteiger partial charge >= 0.3 is 0 Å². The van der Waals surface area contributed by atoms with Gasteiger partial charge in [0.05, 0.1) is 24.4 Å². The molecule has 0 aromatic heterocycles. The van der Waals surface area contributed by atoms with Crippen LogP contribution >= 0.6 is 0 Å². The summed E-state index contributed by atoms with van der Waals surface area (Å²) in [6, 6.07) is 0. The molecule has 30 heavy (non-hydrogen) atoms. The van der Waals surface area contributed by atoms with Crippen LogP contribution < -0.4 is 10.2 Å². The maximum atomic E-state index is 12.4. The summed E-state index contributed by atoms with van der Waals surface area (Å²) in [6.45, 7) is 4.20. The largest absolute Gasteiger partial charge is 0.550 e. The van der Waals surface area contributed by atoms with Crippen molar-refractivity contribution in [2.45, 2.75) is 128 Å². The number of epoxide rings is 2. The number of carboxylic acids is 2. The molecule has 6 nitrogen and oxygen atoms in total. The van der Waals surface area contributed by atoms with E-state index in [1.54, 1.807) is 0 Å². The van der Waals surface area contributed by atoms with Gasteiger partial charge in [-0.1, -0.05) is 52.4 Å². The van der Waals surface area contributed by atoms with Gasteiger partial charge in [-0.25, -0.2) is 0 Å². The number of unbranched alkanes of at least 4 members (excludes halogenated alkanes) is 2. The Balaban J connectivity index is 1.61. The lowest BCUT2D eigenvalue weighted by atomic mass is 9.52. The van der Waals surface area contributed by atoms with E-state index in [4.69, 9.17) is 9.47 Å². The Bertz CT molecular complexity index is 555. The van der Waals surface area contributed by atoms with Crippen LogP contribution in [0, 0.1) is 10.8 Å². The van der Waals surface area contributed by atoms with Crippen LogP contribution in [0.5, 0.6) is 0 Å². The van der Waals surface area contributed by atoms with E-state index in [9.17, 15) is 19.8 Å². The van der Waals surface area contributed by atoms with Crippen molar-refractivity contribution in [3.8, 4) is 0 Å². The summed E-state index contributed by atoms with van der Waals surface area (Å²) in [4.78, 5) is 24.8. The first-order valence-electron chi connectivity index (χ1n) is 12.1. The minimum absolute atomic E-state index is 0.294. The molecule has 0 radical (unpaired) electrons. The van der Waals surface area contributed by atoms with Crippen LogP contribution in [0.25, 0.3) is 0 Å². The van der Waals surface area contributed by atoms with E-state index >= 15 is 0 Å². The first-order chi connectivity index (χ1) is 14.4. The number of carbonyl (C=O) groups is 2. The van der Waals surface area contributed by atoms with Crippen LogP contribution in [0.4, 0.5) is 0 Å². The average Bonchev–Trinajstić information content (AvgIpc) is 3.64. The van der Waals surface area contributed by atoms with Crippen molar-refractivity contribution < 1.29 is 29.3 Å². The van der Waals surface area contributed by atoms with Crippen molar-refractivity contribution in [1.29, 1.82) is 0 Å². The average molecular weight is 423 g/mol. The fourth-order valence-electron chi connectivity index (χ4n) is 5.99. The molecular weight excluding hydrogens is 384 g/mol. The standard InChI is InChI=1S/C24H40O6/c1-3-17-19(29-17)11-5-7-13-23(21(25)26)15-9-10-16-24(23,22(27)28)14-8-6-12-20-18(4-2)30-20/h17-20H,3-16H2,1-2H3,(H,25,26)(H,27,28)/p-2. The number of hydrogen-bond donors (Lipinski definition) is 0. The monoisotopic (exact) mass is 422 g/mol. The normalized spacial score (nSPS) is 37.7. The molecule has 6 heteroatoms. The lowest BCUT2D eigenvalue weighted by Gasteiger charge is -2.55. The highest BCUT2D eigenvalue weighted by molar-refractivity contribution is 5.85. The van der Waals surface area contributed by atoms with Gasteiger partial charge in [0.15, 0.2) is 0 Å². The van der Waals surface area contributed by atoms with E-state index in [0.717, 1.165) is 51.4 Å². The van der Waals surface area contributed by atoms with Crippen molar-refractivity contribution in [2.24, 2.45) is 10.8 Å². The highest BCUT2D eigenvalue weighted by Crippen LogP contribution is 2.56. The molecule has 1 aliphatic carbocycles. The third kappa shape index (κ3) is 4.85. The smallest absolute Gasteiger partial charge is 0.0841 e. The molecule has 3 aliphatic rings. The van der Waals surface area contributed by atoms with Crippen molar-refractivity contribution in [3.05, 3.63) is 0 Å². The molecule has 3 rings (SSSR count). The summed E-state index contributed by atoms with van der Waals surface area (Å²) < 4.78 is 11.1. The maximum Gasteiger partial charge on any atom is 0.0841 e. The van der Waals surface area contributed by atoms with Crippen LogP contribution in [0.3, 0.4) is 0 Å². The van der Waals surface area contributed by atoms with Crippen molar-refractivity contribution in [2.75, 3.05) is 0 Å². The number of aliphatic carboxylic acids is 2. The molecule has 1 saturated carbocycles. The lowest BCUT2D eigenvalue weighted by Crippen LogP contribution is -2.62. The van der Waals surface area contributed by atoms with Gasteiger partial charge < -0.3 is 29.3 Å². The molecule has 172 valence electrons. The highest BCUT2D eigenvalue weighted by atomic mass is 16.6. The van der Waals surface area contributed by atoms with Gasteiger partial charge in [-0.05, 0) is 51.4 Å². The predicted molar refractivity (Wildman–Crippen MR) is 108 cm³/mol. The van der Waals surface area contributed by atoms with Crippen molar-refractivity contribution in [1.82, 2.24) is 0 Å². The second kappa shape index (κ2) is 9.99. The molecule has 6 unspecified atom stereocenters. The van der Waals surface area contributed by atoms with E-state index in [-0.39, 0.29) is 0 Å². The highest BCUT2D eigenvalue weighted by Gasteiger charge is 2.53. The Morgan fingerprint density at radius 1 is 0.733 bits per heavy atom. The molecule has 0 amide bonds. The second-order valence-electron chi connectivity index (χ2n) is 9.68. The molecule has 3 fully saturated rings. The van der Waals surface area contributed by atoms with Crippen LogP contribution in [0.1, 0.15) is 104 Å². The van der Waals surface area contributed by atoms with Gasteiger partial charge in [0.25, 0.3) is 0 Å². The number of carboxylic acid groups (broad SMARTS) is 2. The lowest BCUT2D eigenvalue weighted by molar-refractivity contribution is -0.349. The SMILES string of the molecule is CCC1OC1CCCCC1(C(=O)[O-])CCCCC1(CCCCC1OC1CC)C(=O)[O-]. The van der Waals surface area contributed by atoms with E-state index < -0.39 is 22.8 Å². The van der Waals surface area contributed by atoms with Crippen LogP contribution in [0.15, 0.2) is 0 Å². The first-order valence-corrected chi connectivity index (χ1v) is 12.1. The fraction of sp³-hybridized carbons (Fsp3) is 0.917.